The van der Waals surface area contributed by atoms with E-state index in [9.17, 15) is 8.42 Å². The van der Waals surface area contributed by atoms with Crippen molar-refractivity contribution in [3.8, 4) is 0 Å². The Kier molecular flexibility index (Phi) is 4.82. The van der Waals surface area contributed by atoms with Crippen LogP contribution in [-0.2, 0) is 16.6 Å². The van der Waals surface area contributed by atoms with Crippen LogP contribution in [-0.4, -0.2) is 43.6 Å². The molecule has 0 aromatic carbocycles. The van der Waals surface area contributed by atoms with Gasteiger partial charge in [0, 0.05) is 31.4 Å². The molecule has 2 rings (SSSR count). The summed E-state index contributed by atoms with van der Waals surface area (Å²) in [7, 11) is -0.0572. The lowest BCUT2D eigenvalue weighted by Crippen LogP contribution is -2.32. The van der Waals surface area contributed by atoms with Gasteiger partial charge < -0.3 is 5.32 Å². The SMILES string of the molecule is CNCc1c(S(=O)(=O)N(C)CC2CCCC2)n[nH]c1C. The van der Waals surface area contributed by atoms with Gasteiger partial charge in [-0.15, -0.1) is 0 Å². The van der Waals surface area contributed by atoms with Crippen molar-refractivity contribution in [2.75, 3.05) is 20.6 Å². The van der Waals surface area contributed by atoms with Gasteiger partial charge in [0.25, 0.3) is 10.0 Å². The molecule has 7 heteroatoms. The predicted octanol–water partition coefficient (Wildman–Crippen LogP) is 1.25. The molecule has 0 atom stereocenters. The largest absolute Gasteiger partial charge is 0.316 e. The molecule has 1 aromatic rings. The highest BCUT2D eigenvalue weighted by atomic mass is 32.2. The van der Waals surface area contributed by atoms with Crippen LogP contribution >= 0.6 is 0 Å². The van der Waals surface area contributed by atoms with E-state index in [4.69, 9.17) is 0 Å². The van der Waals surface area contributed by atoms with Crippen molar-refractivity contribution in [3.63, 3.8) is 0 Å². The van der Waals surface area contributed by atoms with Crippen LogP contribution in [0.15, 0.2) is 5.03 Å². The van der Waals surface area contributed by atoms with Crippen molar-refractivity contribution in [1.29, 1.82) is 0 Å². The average molecular weight is 300 g/mol. The third-order valence-electron chi connectivity index (χ3n) is 4.03. The smallest absolute Gasteiger partial charge is 0.262 e. The van der Waals surface area contributed by atoms with Gasteiger partial charge >= 0.3 is 0 Å². The summed E-state index contributed by atoms with van der Waals surface area (Å²) in [6.07, 6.45) is 4.68. The van der Waals surface area contributed by atoms with Crippen LogP contribution in [0.25, 0.3) is 0 Å². The fourth-order valence-corrected chi connectivity index (χ4v) is 4.23. The minimum Gasteiger partial charge on any atom is -0.316 e. The first-order chi connectivity index (χ1) is 9.46. The van der Waals surface area contributed by atoms with E-state index < -0.39 is 10.0 Å². The minimum atomic E-state index is -3.51. The zero-order valence-electron chi connectivity index (χ0n) is 12.4. The fourth-order valence-electron chi connectivity index (χ4n) is 2.83. The summed E-state index contributed by atoms with van der Waals surface area (Å²) in [6, 6.07) is 0. The lowest BCUT2D eigenvalue weighted by molar-refractivity contribution is 0.385. The summed E-state index contributed by atoms with van der Waals surface area (Å²) in [5, 5.41) is 9.94. The Labute approximate surface area is 121 Å². The summed E-state index contributed by atoms with van der Waals surface area (Å²) in [6.45, 7) is 2.93. The van der Waals surface area contributed by atoms with E-state index in [1.165, 1.54) is 17.1 Å². The molecule has 2 N–H and O–H groups in total. The highest BCUT2D eigenvalue weighted by Gasteiger charge is 2.30. The molecule has 1 aromatic heterocycles. The molecule has 0 unspecified atom stereocenters. The second kappa shape index (κ2) is 6.24. The van der Waals surface area contributed by atoms with E-state index in [-0.39, 0.29) is 5.03 Å². The first-order valence-electron chi connectivity index (χ1n) is 7.11. The molecule has 1 aliphatic carbocycles. The molecule has 114 valence electrons. The van der Waals surface area contributed by atoms with Gasteiger partial charge in [0.2, 0.25) is 0 Å². The number of H-pyrrole nitrogens is 1. The number of hydrogen-bond acceptors (Lipinski definition) is 4. The van der Waals surface area contributed by atoms with Crippen molar-refractivity contribution >= 4 is 10.0 Å². The minimum absolute atomic E-state index is 0.157. The molecule has 1 heterocycles. The van der Waals surface area contributed by atoms with Gasteiger partial charge in [0.1, 0.15) is 0 Å². The maximum atomic E-state index is 12.6. The zero-order valence-corrected chi connectivity index (χ0v) is 13.3. The summed E-state index contributed by atoms with van der Waals surface area (Å²) in [5.41, 5.74) is 1.53. The van der Waals surface area contributed by atoms with Crippen LogP contribution in [0.1, 0.15) is 36.9 Å². The molecular formula is C13H24N4O2S. The Balaban J connectivity index is 2.20. The normalized spacial score (nSPS) is 17.2. The van der Waals surface area contributed by atoms with Crippen LogP contribution in [0.2, 0.25) is 0 Å². The Hall–Kier alpha value is -0.920. The molecule has 1 fully saturated rings. The van der Waals surface area contributed by atoms with Gasteiger partial charge in [-0.25, -0.2) is 8.42 Å². The van der Waals surface area contributed by atoms with Crippen molar-refractivity contribution in [1.82, 2.24) is 19.8 Å². The van der Waals surface area contributed by atoms with E-state index in [0.29, 0.717) is 19.0 Å². The zero-order chi connectivity index (χ0) is 14.8. The van der Waals surface area contributed by atoms with Gasteiger partial charge in [0.15, 0.2) is 5.03 Å². The van der Waals surface area contributed by atoms with Crippen molar-refractivity contribution in [2.24, 2.45) is 5.92 Å². The van der Waals surface area contributed by atoms with E-state index >= 15 is 0 Å². The maximum Gasteiger partial charge on any atom is 0.262 e. The molecule has 0 spiro atoms. The topological polar surface area (TPSA) is 78.1 Å². The second-order valence-electron chi connectivity index (χ2n) is 5.60. The quantitative estimate of drug-likeness (QED) is 0.829. The fraction of sp³-hybridized carbons (Fsp3) is 0.769. The second-order valence-corrected chi connectivity index (χ2v) is 7.56. The Morgan fingerprint density at radius 1 is 1.40 bits per heavy atom. The molecule has 0 amide bonds. The lowest BCUT2D eigenvalue weighted by atomic mass is 10.1. The van der Waals surface area contributed by atoms with Crippen LogP contribution < -0.4 is 5.32 Å². The van der Waals surface area contributed by atoms with Crippen LogP contribution in [0.4, 0.5) is 0 Å². The predicted molar refractivity (Wildman–Crippen MR) is 77.9 cm³/mol. The Bertz CT molecular complexity index is 547. The highest BCUT2D eigenvalue weighted by molar-refractivity contribution is 7.89. The monoisotopic (exact) mass is 300 g/mol. The molecule has 6 nitrogen and oxygen atoms in total. The van der Waals surface area contributed by atoms with Gasteiger partial charge in [-0.1, -0.05) is 12.8 Å². The first-order valence-corrected chi connectivity index (χ1v) is 8.55. The van der Waals surface area contributed by atoms with Crippen molar-refractivity contribution in [3.05, 3.63) is 11.3 Å². The number of nitrogens with one attached hydrogen (secondary N) is 2. The molecule has 1 saturated carbocycles. The molecular weight excluding hydrogens is 276 g/mol. The summed E-state index contributed by atoms with van der Waals surface area (Å²) >= 11 is 0. The number of sulfonamides is 1. The number of rotatable bonds is 6. The molecule has 20 heavy (non-hydrogen) atoms. The first kappa shape index (κ1) is 15.5. The Morgan fingerprint density at radius 2 is 2.05 bits per heavy atom. The van der Waals surface area contributed by atoms with E-state index in [1.54, 1.807) is 14.1 Å². The van der Waals surface area contributed by atoms with Crippen molar-refractivity contribution < 1.29 is 8.42 Å². The average Bonchev–Trinajstić information content (AvgIpc) is 3.01. The van der Waals surface area contributed by atoms with E-state index in [0.717, 1.165) is 24.1 Å². The van der Waals surface area contributed by atoms with Gasteiger partial charge in [-0.3, -0.25) is 5.10 Å². The van der Waals surface area contributed by atoms with Gasteiger partial charge in [-0.2, -0.15) is 9.40 Å². The molecule has 0 saturated heterocycles. The molecule has 0 aliphatic heterocycles. The van der Waals surface area contributed by atoms with Crippen molar-refractivity contribution in [2.45, 2.75) is 44.2 Å². The van der Waals surface area contributed by atoms with Gasteiger partial charge in [0.05, 0.1) is 0 Å². The molecule has 0 bridgehead atoms. The number of nitrogens with zero attached hydrogens (tertiary/aromatic N) is 2. The summed E-state index contributed by atoms with van der Waals surface area (Å²) < 4.78 is 26.7. The maximum absolute atomic E-state index is 12.6. The van der Waals surface area contributed by atoms with Crippen LogP contribution in [0, 0.1) is 12.8 Å². The van der Waals surface area contributed by atoms with Crippen LogP contribution in [0.5, 0.6) is 0 Å². The lowest BCUT2D eigenvalue weighted by Gasteiger charge is -2.20. The number of hydrogen-bond donors (Lipinski definition) is 2. The number of aryl methyl sites for hydroxylation is 1. The molecule has 0 radical (unpaired) electrons. The Morgan fingerprint density at radius 3 is 2.65 bits per heavy atom. The summed E-state index contributed by atoms with van der Waals surface area (Å²) in [5.74, 6) is 0.488. The number of aromatic amines is 1. The van der Waals surface area contributed by atoms with Crippen LogP contribution in [0.3, 0.4) is 0 Å². The highest BCUT2D eigenvalue weighted by Crippen LogP contribution is 2.27. The molecule has 1 aliphatic rings. The standard InChI is InChI=1S/C13H24N4O2S/c1-10-12(8-14-2)13(16-15-10)20(18,19)17(3)9-11-6-4-5-7-11/h11,14H,4-9H2,1-3H3,(H,15,16). The third kappa shape index (κ3) is 3.05. The summed E-state index contributed by atoms with van der Waals surface area (Å²) in [4.78, 5) is 0. The third-order valence-corrected chi connectivity index (χ3v) is 5.83. The van der Waals surface area contributed by atoms with E-state index in [2.05, 4.69) is 15.5 Å². The van der Waals surface area contributed by atoms with E-state index in [1.807, 2.05) is 6.92 Å². The van der Waals surface area contributed by atoms with Gasteiger partial charge in [-0.05, 0) is 32.7 Å². The number of aromatic nitrogens is 2.